The number of likely N-dealkylation sites (N-methyl/N-ethyl adjacent to an activating group) is 1. The van der Waals surface area contributed by atoms with Gasteiger partial charge in [0.15, 0.2) is 0 Å². The van der Waals surface area contributed by atoms with Crippen LogP contribution in [0.1, 0.15) is 30.9 Å². The number of rotatable bonds is 6. The first-order chi connectivity index (χ1) is 9.22. The molecule has 1 saturated carbocycles. The summed E-state index contributed by atoms with van der Waals surface area (Å²) in [6, 6.07) is 11.8. The first kappa shape index (κ1) is 14.5. The molecule has 0 heterocycles. The lowest BCUT2D eigenvalue weighted by atomic mass is 10.0. The maximum absolute atomic E-state index is 5.85. The van der Waals surface area contributed by atoms with Gasteiger partial charge in [0.05, 0.1) is 0 Å². The molecule has 1 aromatic carbocycles. The van der Waals surface area contributed by atoms with Crippen molar-refractivity contribution in [1.82, 2.24) is 10.2 Å². The van der Waals surface area contributed by atoms with Gasteiger partial charge in [0.2, 0.25) is 0 Å². The fourth-order valence-electron chi connectivity index (χ4n) is 3.12. The average molecular weight is 261 g/mol. The summed E-state index contributed by atoms with van der Waals surface area (Å²) in [6.07, 6.45) is 3.88. The Balaban J connectivity index is 1.95. The monoisotopic (exact) mass is 261 g/mol. The second-order valence-corrected chi connectivity index (χ2v) is 5.83. The van der Waals surface area contributed by atoms with Crippen molar-refractivity contribution in [2.75, 3.05) is 27.2 Å². The van der Waals surface area contributed by atoms with Crippen molar-refractivity contribution in [3.63, 3.8) is 0 Å². The Labute approximate surface area is 117 Å². The quantitative estimate of drug-likeness (QED) is 0.823. The van der Waals surface area contributed by atoms with Crippen molar-refractivity contribution < 1.29 is 0 Å². The third kappa shape index (κ3) is 3.78. The standard InChI is InChI=1S/C16H27N3/c1-19(2)16(13-7-4-3-5-8-13)12-18-15-10-6-9-14(15)11-17/h3-5,7-8,14-16,18H,6,9-12,17H2,1-2H3. The zero-order valence-corrected chi connectivity index (χ0v) is 12.2. The second-order valence-electron chi connectivity index (χ2n) is 5.83. The van der Waals surface area contributed by atoms with E-state index in [4.69, 9.17) is 5.73 Å². The largest absolute Gasteiger partial charge is 0.330 e. The number of hydrogen-bond acceptors (Lipinski definition) is 3. The van der Waals surface area contributed by atoms with Crippen molar-refractivity contribution in [1.29, 1.82) is 0 Å². The van der Waals surface area contributed by atoms with E-state index < -0.39 is 0 Å². The minimum absolute atomic E-state index is 0.431. The van der Waals surface area contributed by atoms with Crippen molar-refractivity contribution in [2.45, 2.75) is 31.3 Å². The summed E-state index contributed by atoms with van der Waals surface area (Å²) in [5.41, 5.74) is 7.23. The van der Waals surface area contributed by atoms with Gasteiger partial charge in [0.25, 0.3) is 0 Å². The van der Waals surface area contributed by atoms with E-state index in [-0.39, 0.29) is 0 Å². The molecule has 0 spiro atoms. The van der Waals surface area contributed by atoms with Gasteiger partial charge in [-0.25, -0.2) is 0 Å². The summed E-state index contributed by atoms with van der Waals surface area (Å²) in [5, 5.41) is 3.74. The van der Waals surface area contributed by atoms with Crippen LogP contribution in [0.3, 0.4) is 0 Å². The SMILES string of the molecule is CN(C)C(CNC1CCCC1CN)c1ccccc1. The van der Waals surface area contributed by atoms with Crippen LogP contribution in [-0.4, -0.2) is 38.1 Å². The van der Waals surface area contributed by atoms with E-state index in [9.17, 15) is 0 Å². The second kappa shape index (κ2) is 7.04. The molecule has 0 bridgehead atoms. The van der Waals surface area contributed by atoms with Gasteiger partial charge in [-0.3, -0.25) is 0 Å². The zero-order chi connectivity index (χ0) is 13.7. The maximum atomic E-state index is 5.85. The normalized spacial score (nSPS) is 24.8. The van der Waals surface area contributed by atoms with Crippen LogP contribution in [0.4, 0.5) is 0 Å². The van der Waals surface area contributed by atoms with Crippen LogP contribution in [-0.2, 0) is 0 Å². The van der Waals surface area contributed by atoms with Gasteiger partial charge >= 0.3 is 0 Å². The van der Waals surface area contributed by atoms with E-state index in [0.717, 1.165) is 13.1 Å². The summed E-state index contributed by atoms with van der Waals surface area (Å²) in [6.45, 7) is 1.81. The Morgan fingerprint density at radius 2 is 2.00 bits per heavy atom. The lowest BCUT2D eigenvalue weighted by Gasteiger charge is -2.28. The Bertz CT molecular complexity index is 364. The smallest absolute Gasteiger partial charge is 0.0466 e. The lowest BCUT2D eigenvalue weighted by molar-refractivity contribution is 0.269. The van der Waals surface area contributed by atoms with Crippen molar-refractivity contribution in [3.05, 3.63) is 35.9 Å². The first-order valence-corrected chi connectivity index (χ1v) is 7.37. The zero-order valence-electron chi connectivity index (χ0n) is 12.2. The van der Waals surface area contributed by atoms with Gasteiger partial charge in [-0.15, -0.1) is 0 Å². The van der Waals surface area contributed by atoms with Gasteiger partial charge in [0.1, 0.15) is 0 Å². The summed E-state index contributed by atoms with van der Waals surface area (Å²) < 4.78 is 0. The molecule has 1 aromatic rings. The number of nitrogens with one attached hydrogen (secondary N) is 1. The highest BCUT2D eigenvalue weighted by atomic mass is 15.1. The first-order valence-electron chi connectivity index (χ1n) is 7.37. The van der Waals surface area contributed by atoms with Crippen LogP contribution in [0.25, 0.3) is 0 Å². The Kier molecular flexibility index (Phi) is 5.37. The minimum atomic E-state index is 0.431. The van der Waals surface area contributed by atoms with E-state index in [1.54, 1.807) is 0 Å². The Hall–Kier alpha value is -0.900. The molecular weight excluding hydrogens is 234 g/mol. The molecule has 2 rings (SSSR count). The van der Waals surface area contributed by atoms with Crippen molar-refractivity contribution in [2.24, 2.45) is 11.7 Å². The summed E-state index contributed by atoms with van der Waals surface area (Å²) in [5.74, 6) is 0.665. The van der Waals surface area contributed by atoms with E-state index in [0.29, 0.717) is 18.0 Å². The molecule has 0 saturated heterocycles. The molecule has 1 aliphatic rings. The van der Waals surface area contributed by atoms with E-state index >= 15 is 0 Å². The molecule has 19 heavy (non-hydrogen) atoms. The molecule has 0 amide bonds. The molecular formula is C16H27N3. The van der Waals surface area contributed by atoms with Crippen LogP contribution in [0, 0.1) is 5.92 Å². The number of hydrogen-bond donors (Lipinski definition) is 2. The lowest BCUT2D eigenvalue weighted by Crippen LogP contribution is -2.40. The van der Waals surface area contributed by atoms with Gasteiger partial charge in [-0.05, 0) is 45.0 Å². The van der Waals surface area contributed by atoms with Crippen LogP contribution >= 0.6 is 0 Å². The van der Waals surface area contributed by atoms with Crippen molar-refractivity contribution >= 4 is 0 Å². The fourth-order valence-corrected chi connectivity index (χ4v) is 3.12. The van der Waals surface area contributed by atoms with Crippen LogP contribution in [0.15, 0.2) is 30.3 Å². The van der Waals surface area contributed by atoms with E-state index in [1.807, 2.05) is 0 Å². The summed E-state index contributed by atoms with van der Waals surface area (Å²) in [4.78, 5) is 2.29. The maximum Gasteiger partial charge on any atom is 0.0466 e. The number of benzene rings is 1. The van der Waals surface area contributed by atoms with Crippen molar-refractivity contribution in [3.8, 4) is 0 Å². The molecule has 3 nitrogen and oxygen atoms in total. The molecule has 3 heteroatoms. The molecule has 1 aliphatic carbocycles. The molecule has 0 radical (unpaired) electrons. The topological polar surface area (TPSA) is 41.3 Å². The molecule has 3 unspecified atom stereocenters. The highest BCUT2D eigenvalue weighted by Crippen LogP contribution is 2.25. The molecule has 0 aliphatic heterocycles. The summed E-state index contributed by atoms with van der Waals surface area (Å²) >= 11 is 0. The highest BCUT2D eigenvalue weighted by Gasteiger charge is 2.26. The van der Waals surface area contributed by atoms with Crippen LogP contribution in [0.2, 0.25) is 0 Å². The molecule has 3 atom stereocenters. The fraction of sp³-hybridized carbons (Fsp3) is 0.625. The van der Waals surface area contributed by atoms with Gasteiger partial charge in [0, 0.05) is 18.6 Å². The minimum Gasteiger partial charge on any atom is -0.330 e. The van der Waals surface area contributed by atoms with E-state index in [1.165, 1.54) is 24.8 Å². The Morgan fingerprint density at radius 3 is 2.63 bits per heavy atom. The van der Waals surface area contributed by atoms with Gasteiger partial charge in [-0.2, -0.15) is 0 Å². The number of nitrogens with two attached hydrogens (primary N) is 1. The predicted octanol–water partition coefficient (Wildman–Crippen LogP) is 2.01. The third-order valence-corrected chi connectivity index (χ3v) is 4.34. The van der Waals surface area contributed by atoms with Gasteiger partial charge in [-0.1, -0.05) is 36.8 Å². The molecule has 106 valence electrons. The van der Waals surface area contributed by atoms with E-state index in [2.05, 4.69) is 54.6 Å². The predicted molar refractivity (Wildman–Crippen MR) is 81.1 cm³/mol. The summed E-state index contributed by atoms with van der Waals surface area (Å²) in [7, 11) is 4.29. The van der Waals surface area contributed by atoms with Crippen LogP contribution < -0.4 is 11.1 Å². The highest BCUT2D eigenvalue weighted by molar-refractivity contribution is 5.19. The number of nitrogens with zero attached hydrogens (tertiary/aromatic N) is 1. The Morgan fingerprint density at radius 1 is 1.26 bits per heavy atom. The molecule has 1 fully saturated rings. The molecule has 3 N–H and O–H groups in total. The average Bonchev–Trinajstić information content (AvgIpc) is 2.87. The molecule has 0 aromatic heterocycles. The van der Waals surface area contributed by atoms with Crippen LogP contribution in [0.5, 0.6) is 0 Å². The van der Waals surface area contributed by atoms with Gasteiger partial charge < -0.3 is 16.0 Å². The third-order valence-electron chi connectivity index (χ3n) is 4.34.